The smallest absolute Gasteiger partial charge is 0.0728 e. The zero-order valence-corrected chi connectivity index (χ0v) is 33.5. The molecule has 3 heteroatoms. The molecule has 0 fully saturated rings. The maximum absolute atomic E-state index is 2.61. The Morgan fingerprint density at radius 1 is 0.429 bits per heavy atom. The number of aromatic nitrogens is 1. The summed E-state index contributed by atoms with van der Waals surface area (Å²) in [5.41, 5.74) is 20.9. The molecule has 1 aliphatic heterocycles. The summed E-state index contributed by atoms with van der Waals surface area (Å²) in [6.45, 7) is 14.4. The van der Waals surface area contributed by atoms with E-state index in [0.717, 1.165) is 0 Å². The molecule has 270 valence electrons. The van der Waals surface area contributed by atoms with Crippen LogP contribution in [0.25, 0.3) is 59.1 Å². The molecule has 56 heavy (non-hydrogen) atoms. The summed E-state index contributed by atoms with van der Waals surface area (Å²) in [6, 6.07) is 55.3. The summed E-state index contributed by atoms with van der Waals surface area (Å²) in [4.78, 5) is 2.61. The lowest BCUT2D eigenvalue weighted by Gasteiger charge is -2.43. The van der Waals surface area contributed by atoms with Gasteiger partial charge in [-0.1, -0.05) is 139 Å². The normalized spacial score (nSPS) is 16.4. The number of nitrogens with zero attached hydrogens (tertiary/aromatic N) is 2. The van der Waals surface area contributed by atoms with E-state index in [1.165, 1.54) is 110 Å². The average molecular weight is 739 g/mol. The van der Waals surface area contributed by atoms with Crippen LogP contribution in [0.4, 0.5) is 17.1 Å². The van der Waals surface area contributed by atoms with E-state index in [0.29, 0.717) is 0 Å². The van der Waals surface area contributed by atoms with Crippen LogP contribution < -0.4 is 4.90 Å². The molecule has 0 amide bonds. The summed E-state index contributed by atoms with van der Waals surface area (Å²) in [5.74, 6) is 0. The Morgan fingerprint density at radius 2 is 1.02 bits per heavy atom. The molecule has 0 radical (unpaired) electrons. The minimum atomic E-state index is -0.194. The van der Waals surface area contributed by atoms with Crippen LogP contribution in [0.15, 0.2) is 146 Å². The Balaban J connectivity index is 1.17. The number of hydrogen-bond donors (Lipinski definition) is 0. The third-order valence-electron chi connectivity index (χ3n) is 13.8. The molecule has 3 heterocycles. The number of anilines is 3. The van der Waals surface area contributed by atoms with Gasteiger partial charge in [0.25, 0.3) is 0 Å². The predicted octanol–water partition coefficient (Wildman–Crippen LogP) is 14.7. The van der Waals surface area contributed by atoms with Gasteiger partial charge in [0.05, 0.1) is 32.8 Å². The van der Waals surface area contributed by atoms with Gasteiger partial charge in [-0.3, -0.25) is 0 Å². The van der Waals surface area contributed by atoms with E-state index in [2.05, 4.69) is 197 Å². The molecule has 0 atom stereocenters. The summed E-state index contributed by atoms with van der Waals surface area (Å²) in [5, 5.41) is 2.60. The number of para-hydroxylation sites is 1. The van der Waals surface area contributed by atoms with Crippen molar-refractivity contribution in [2.24, 2.45) is 0 Å². The van der Waals surface area contributed by atoms with E-state index in [1.807, 2.05) is 11.3 Å². The number of thiophene rings is 1. The van der Waals surface area contributed by atoms with E-state index in [4.69, 9.17) is 0 Å². The molecule has 0 N–H and O–H groups in total. The monoisotopic (exact) mass is 738 g/mol. The van der Waals surface area contributed by atoms with Gasteiger partial charge in [0.15, 0.2) is 0 Å². The second-order valence-corrected chi connectivity index (χ2v) is 18.8. The van der Waals surface area contributed by atoms with Crippen LogP contribution in [0.3, 0.4) is 0 Å². The fraction of sp³-hybridized carbons (Fsp3) is 0.170. The summed E-state index contributed by atoms with van der Waals surface area (Å²) in [6.07, 6.45) is 0. The first-order chi connectivity index (χ1) is 27.1. The first-order valence-electron chi connectivity index (χ1n) is 19.9. The van der Waals surface area contributed by atoms with Crippen molar-refractivity contribution < 1.29 is 0 Å². The topological polar surface area (TPSA) is 8.17 Å². The van der Waals surface area contributed by atoms with Crippen LogP contribution in [0.2, 0.25) is 0 Å². The second-order valence-electron chi connectivity index (χ2n) is 17.7. The Hall–Kier alpha value is -5.90. The van der Waals surface area contributed by atoms with E-state index in [1.54, 1.807) is 0 Å². The summed E-state index contributed by atoms with van der Waals surface area (Å²) in [7, 11) is 0. The SMILES string of the molecule is CC1(C)c2ccccc2-c2ccc(-n3c4cccc(N5c6ccccc6C(C)(C)c6cc7c(cc65)C(C)(C)c5ccccc5-7)c4c4sc5ccccc5c43)cc21. The predicted molar refractivity (Wildman–Crippen MR) is 238 cm³/mol. The van der Waals surface area contributed by atoms with Crippen LogP contribution in [-0.2, 0) is 16.2 Å². The molecule has 2 aromatic heterocycles. The van der Waals surface area contributed by atoms with Gasteiger partial charge in [-0.05, 0) is 104 Å². The molecular formula is C53H42N2S. The maximum Gasteiger partial charge on any atom is 0.0728 e. The zero-order chi connectivity index (χ0) is 37.9. The van der Waals surface area contributed by atoms with Crippen molar-refractivity contribution in [3.63, 3.8) is 0 Å². The molecule has 3 aliphatic rings. The third-order valence-corrected chi connectivity index (χ3v) is 15.0. The van der Waals surface area contributed by atoms with Crippen molar-refractivity contribution in [1.82, 2.24) is 4.57 Å². The van der Waals surface area contributed by atoms with Gasteiger partial charge in [-0.2, -0.15) is 0 Å². The Morgan fingerprint density at radius 3 is 1.79 bits per heavy atom. The number of benzene rings is 7. The molecule has 12 rings (SSSR count). The van der Waals surface area contributed by atoms with Crippen molar-refractivity contribution in [2.75, 3.05) is 4.90 Å². The quantitative estimate of drug-likeness (QED) is 0.171. The fourth-order valence-corrected chi connectivity index (χ4v) is 12.2. The van der Waals surface area contributed by atoms with Gasteiger partial charge in [-0.15, -0.1) is 11.3 Å². The highest BCUT2D eigenvalue weighted by Crippen LogP contribution is 2.59. The van der Waals surface area contributed by atoms with Gasteiger partial charge in [0, 0.05) is 37.4 Å². The van der Waals surface area contributed by atoms with E-state index >= 15 is 0 Å². The van der Waals surface area contributed by atoms with E-state index in [-0.39, 0.29) is 16.2 Å². The standard InChI is InChI=1S/C53H42N2S/c1-51(2)37-19-10-7-16-32(37)34-27-26-31(28-40(34)51)54-44-23-15-24-45(48(44)50-49(54)35-18-9-14-25-47(35)56-50)55-43-22-13-12-21-39(43)53(5,6)42-29-36-33-17-8-11-20-38(33)52(3,4)41(36)30-46(42)55/h7-30H,1-6H3. The highest BCUT2D eigenvalue weighted by atomic mass is 32.1. The van der Waals surface area contributed by atoms with Crippen LogP contribution >= 0.6 is 11.3 Å². The lowest BCUT2D eigenvalue weighted by Crippen LogP contribution is -2.31. The van der Waals surface area contributed by atoms with Gasteiger partial charge in [-0.25, -0.2) is 0 Å². The summed E-state index contributed by atoms with van der Waals surface area (Å²) >= 11 is 1.93. The van der Waals surface area contributed by atoms with Crippen LogP contribution in [-0.4, -0.2) is 4.57 Å². The molecular weight excluding hydrogens is 697 g/mol. The molecule has 2 aliphatic carbocycles. The highest BCUT2D eigenvalue weighted by Gasteiger charge is 2.43. The zero-order valence-electron chi connectivity index (χ0n) is 32.7. The summed E-state index contributed by atoms with van der Waals surface area (Å²) < 4.78 is 5.21. The number of hydrogen-bond acceptors (Lipinski definition) is 2. The lowest BCUT2D eigenvalue weighted by atomic mass is 9.71. The largest absolute Gasteiger partial charge is 0.309 e. The lowest BCUT2D eigenvalue weighted by molar-refractivity contribution is 0.627. The van der Waals surface area contributed by atoms with E-state index < -0.39 is 0 Å². The second kappa shape index (κ2) is 10.7. The van der Waals surface area contributed by atoms with Crippen molar-refractivity contribution in [1.29, 1.82) is 0 Å². The highest BCUT2D eigenvalue weighted by molar-refractivity contribution is 7.26. The third kappa shape index (κ3) is 3.91. The van der Waals surface area contributed by atoms with Gasteiger partial charge >= 0.3 is 0 Å². The molecule has 0 spiro atoms. The van der Waals surface area contributed by atoms with Crippen LogP contribution in [0.5, 0.6) is 0 Å². The molecule has 0 bridgehead atoms. The van der Waals surface area contributed by atoms with Crippen molar-refractivity contribution in [3.8, 4) is 27.9 Å². The van der Waals surface area contributed by atoms with Crippen molar-refractivity contribution in [3.05, 3.63) is 179 Å². The van der Waals surface area contributed by atoms with Crippen molar-refractivity contribution >= 4 is 59.6 Å². The molecule has 0 unspecified atom stereocenters. The average Bonchev–Trinajstić information content (AvgIpc) is 3.88. The number of fused-ring (bicyclic) bond motifs is 13. The van der Waals surface area contributed by atoms with Gasteiger partial charge in [0.2, 0.25) is 0 Å². The molecule has 2 nitrogen and oxygen atoms in total. The van der Waals surface area contributed by atoms with Gasteiger partial charge in [0.1, 0.15) is 0 Å². The first kappa shape index (κ1) is 32.4. The van der Waals surface area contributed by atoms with E-state index in [9.17, 15) is 0 Å². The number of rotatable bonds is 2. The molecule has 7 aromatic carbocycles. The van der Waals surface area contributed by atoms with Crippen LogP contribution in [0.1, 0.15) is 74.9 Å². The van der Waals surface area contributed by atoms with Crippen molar-refractivity contribution in [2.45, 2.75) is 57.8 Å². The fourth-order valence-electron chi connectivity index (χ4n) is 10.9. The molecule has 0 saturated heterocycles. The Labute approximate surface area is 332 Å². The Bertz CT molecular complexity index is 3180. The maximum atomic E-state index is 2.61. The minimum Gasteiger partial charge on any atom is -0.309 e. The molecule has 9 aromatic rings. The van der Waals surface area contributed by atoms with Crippen LogP contribution in [0, 0.1) is 0 Å². The molecule has 0 saturated carbocycles. The van der Waals surface area contributed by atoms with Gasteiger partial charge < -0.3 is 9.47 Å². The Kier molecular flexibility index (Phi) is 6.17. The minimum absolute atomic E-state index is 0.0897. The first-order valence-corrected chi connectivity index (χ1v) is 20.8.